The van der Waals surface area contributed by atoms with Crippen molar-refractivity contribution in [2.75, 3.05) is 6.61 Å². The van der Waals surface area contributed by atoms with Crippen molar-refractivity contribution < 1.29 is 4.74 Å². The van der Waals surface area contributed by atoms with Crippen LogP contribution in [-0.2, 0) is 11.2 Å². The zero-order chi connectivity index (χ0) is 14.0. The summed E-state index contributed by atoms with van der Waals surface area (Å²) >= 11 is 1.91. The Morgan fingerprint density at radius 1 is 1.45 bits per heavy atom. The Balaban J connectivity index is 1.75. The highest BCUT2D eigenvalue weighted by molar-refractivity contribution is 7.12. The van der Waals surface area contributed by atoms with Gasteiger partial charge >= 0.3 is 0 Å². The van der Waals surface area contributed by atoms with Gasteiger partial charge in [-0.3, -0.25) is 11.3 Å². The Kier molecular flexibility index (Phi) is 4.46. The predicted molar refractivity (Wildman–Crippen MR) is 83.6 cm³/mol. The number of nitrogens with one attached hydrogen (secondary N) is 1. The molecule has 3 N–H and O–H groups in total. The minimum atomic E-state index is 0.170. The van der Waals surface area contributed by atoms with E-state index in [0.29, 0.717) is 12.0 Å². The van der Waals surface area contributed by atoms with Gasteiger partial charge in [0.15, 0.2) is 0 Å². The summed E-state index contributed by atoms with van der Waals surface area (Å²) in [5.74, 6) is 6.50. The second-order valence-electron chi connectivity index (χ2n) is 6.29. The van der Waals surface area contributed by atoms with Crippen LogP contribution < -0.4 is 11.3 Å². The van der Waals surface area contributed by atoms with Crippen LogP contribution in [0.5, 0.6) is 0 Å². The molecule has 0 radical (unpaired) electrons. The molecular formula is C16H26N2OS. The highest BCUT2D eigenvalue weighted by Crippen LogP contribution is 2.45. The van der Waals surface area contributed by atoms with Crippen LogP contribution >= 0.6 is 11.3 Å². The first-order chi connectivity index (χ1) is 9.76. The SMILES string of the molecule is CCc1ccc(C(NN)C2CCOC3(CCCC3)C2)s1. The summed E-state index contributed by atoms with van der Waals surface area (Å²) in [5, 5.41) is 0. The molecule has 112 valence electrons. The average Bonchev–Trinajstić information content (AvgIpc) is 3.10. The van der Waals surface area contributed by atoms with Crippen LogP contribution in [0.25, 0.3) is 0 Å². The molecule has 4 heteroatoms. The van der Waals surface area contributed by atoms with E-state index >= 15 is 0 Å². The summed E-state index contributed by atoms with van der Waals surface area (Å²) < 4.78 is 6.15. The molecule has 1 aliphatic heterocycles. The lowest BCUT2D eigenvalue weighted by molar-refractivity contribution is -0.0980. The fourth-order valence-electron chi connectivity index (χ4n) is 3.92. The molecule has 1 aliphatic carbocycles. The van der Waals surface area contributed by atoms with Crippen molar-refractivity contribution in [2.24, 2.45) is 11.8 Å². The second kappa shape index (κ2) is 6.14. The molecular weight excluding hydrogens is 268 g/mol. The Morgan fingerprint density at radius 2 is 2.25 bits per heavy atom. The van der Waals surface area contributed by atoms with Gasteiger partial charge in [0.05, 0.1) is 11.6 Å². The molecule has 0 aromatic carbocycles. The summed E-state index contributed by atoms with van der Waals surface area (Å²) in [7, 11) is 0. The Labute approximate surface area is 125 Å². The lowest BCUT2D eigenvalue weighted by Gasteiger charge is -2.41. The van der Waals surface area contributed by atoms with Crippen LogP contribution in [-0.4, -0.2) is 12.2 Å². The van der Waals surface area contributed by atoms with Crippen molar-refractivity contribution in [3.8, 4) is 0 Å². The van der Waals surface area contributed by atoms with Crippen molar-refractivity contribution >= 4 is 11.3 Å². The lowest BCUT2D eigenvalue weighted by Crippen LogP contribution is -2.43. The number of ether oxygens (including phenoxy) is 1. The Bertz CT molecular complexity index is 439. The van der Waals surface area contributed by atoms with Crippen LogP contribution in [0.15, 0.2) is 12.1 Å². The molecule has 1 saturated carbocycles. The van der Waals surface area contributed by atoms with Gasteiger partial charge in [0, 0.05) is 16.4 Å². The van der Waals surface area contributed by atoms with Crippen LogP contribution in [0.4, 0.5) is 0 Å². The van der Waals surface area contributed by atoms with Gasteiger partial charge in [-0.1, -0.05) is 19.8 Å². The first-order valence-corrected chi connectivity index (χ1v) is 8.77. The van der Waals surface area contributed by atoms with E-state index in [2.05, 4.69) is 24.5 Å². The fraction of sp³-hybridized carbons (Fsp3) is 0.750. The number of nitrogens with two attached hydrogens (primary N) is 1. The summed E-state index contributed by atoms with van der Waals surface area (Å²) in [4.78, 5) is 2.84. The van der Waals surface area contributed by atoms with Gasteiger partial charge in [-0.2, -0.15) is 0 Å². The molecule has 1 spiro atoms. The van der Waals surface area contributed by atoms with Crippen LogP contribution in [0.3, 0.4) is 0 Å². The highest BCUT2D eigenvalue weighted by Gasteiger charge is 2.42. The first-order valence-electron chi connectivity index (χ1n) is 7.95. The smallest absolute Gasteiger partial charge is 0.0686 e. The van der Waals surface area contributed by atoms with Crippen molar-refractivity contribution in [3.05, 3.63) is 21.9 Å². The monoisotopic (exact) mass is 294 g/mol. The predicted octanol–water partition coefficient (Wildman–Crippen LogP) is 3.55. The number of hydrogen-bond donors (Lipinski definition) is 2. The minimum absolute atomic E-state index is 0.170. The number of aryl methyl sites for hydroxylation is 1. The molecule has 2 atom stereocenters. The molecule has 2 unspecified atom stereocenters. The topological polar surface area (TPSA) is 47.3 Å². The maximum atomic E-state index is 6.15. The van der Waals surface area contributed by atoms with E-state index in [4.69, 9.17) is 10.6 Å². The van der Waals surface area contributed by atoms with E-state index in [1.54, 1.807) is 0 Å². The highest BCUT2D eigenvalue weighted by atomic mass is 32.1. The van der Waals surface area contributed by atoms with E-state index < -0.39 is 0 Å². The largest absolute Gasteiger partial charge is 0.375 e. The number of thiophene rings is 1. The molecule has 0 amide bonds. The molecule has 3 rings (SSSR count). The van der Waals surface area contributed by atoms with Gasteiger partial charge in [-0.25, -0.2) is 0 Å². The molecule has 1 aromatic rings. The molecule has 2 heterocycles. The Hall–Kier alpha value is -0.420. The van der Waals surface area contributed by atoms with Gasteiger partial charge < -0.3 is 4.74 Å². The van der Waals surface area contributed by atoms with Gasteiger partial charge in [0.2, 0.25) is 0 Å². The van der Waals surface area contributed by atoms with Gasteiger partial charge in [-0.05, 0) is 50.2 Å². The number of hydrogen-bond acceptors (Lipinski definition) is 4. The second-order valence-corrected chi connectivity index (χ2v) is 7.49. The third kappa shape index (κ3) is 2.80. The molecule has 2 aliphatic rings. The zero-order valence-electron chi connectivity index (χ0n) is 12.4. The quantitative estimate of drug-likeness (QED) is 0.659. The fourth-order valence-corrected chi connectivity index (χ4v) is 5.03. The summed E-state index contributed by atoms with van der Waals surface area (Å²) in [6, 6.07) is 4.79. The lowest BCUT2D eigenvalue weighted by atomic mass is 9.80. The normalized spacial score (nSPS) is 27.0. The Morgan fingerprint density at radius 3 is 2.90 bits per heavy atom. The molecule has 1 aromatic heterocycles. The van der Waals surface area contributed by atoms with Crippen LogP contribution in [0.1, 0.15) is 61.2 Å². The molecule has 20 heavy (non-hydrogen) atoms. The van der Waals surface area contributed by atoms with E-state index in [-0.39, 0.29) is 5.60 Å². The van der Waals surface area contributed by atoms with Gasteiger partial charge in [-0.15, -0.1) is 11.3 Å². The van der Waals surface area contributed by atoms with Gasteiger partial charge in [0.1, 0.15) is 0 Å². The number of rotatable bonds is 4. The van der Waals surface area contributed by atoms with Crippen LogP contribution in [0.2, 0.25) is 0 Å². The average molecular weight is 294 g/mol. The van der Waals surface area contributed by atoms with Gasteiger partial charge in [0.25, 0.3) is 0 Å². The number of hydrazine groups is 1. The van der Waals surface area contributed by atoms with Crippen molar-refractivity contribution in [1.82, 2.24) is 5.43 Å². The van der Waals surface area contributed by atoms with E-state index in [1.807, 2.05) is 11.3 Å². The summed E-state index contributed by atoms with van der Waals surface area (Å²) in [5.41, 5.74) is 3.26. The minimum Gasteiger partial charge on any atom is -0.375 e. The van der Waals surface area contributed by atoms with Crippen molar-refractivity contribution in [3.63, 3.8) is 0 Å². The molecule has 2 fully saturated rings. The molecule has 0 bridgehead atoms. The zero-order valence-corrected chi connectivity index (χ0v) is 13.2. The molecule has 3 nitrogen and oxygen atoms in total. The molecule has 1 saturated heterocycles. The third-order valence-corrected chi connectivity index (χ3v) is 6.35. The first kappa shape index (κ1) is 14.5. The van der Waals surface area contributed by atoms with E-state index in [0.717, 1.165) is 19.4 Å². The summed E-state index contributed by atoms with van der Waals surface area (Å²) in [6.07, 6.45) is 8.53. The van der Waals surface area contributed by atoms with Crippen molar-refractivity contribution in [1.29, 1.82) is 0 Å². The third-order valence-electron chi connectivity index (χ3n) is 5.03. The van der Waals surface area contributed by atoms with Crippen LogP contribution in [0, 0.1) is 5.92 Å². The maximum absolute atomic E-state index is 6.15. The van der Waals surface area contributed by atoms with E-state index in [1.165, 1.54) is 41.9 Å². The standard InChI is InChI=1S/C16H26N2OS/c1-2-13-5-6-14(20-13)15(18-17)12-7-10-19-16(11-12)8-3-4-9-16/h5-6,12,15,18H,2-4,7-11,17H2,1H3. The van der Waals surface area contributed by atoms with E-state index in [9.17, 15) is 0 Å². The maximum Gasteiger partial charge on any atom is 0.0686 e. The summed E-state index contributed by atoms with van der Waals surface area (Å²) in [6.45, 7) is 3.11. The van der Waals surface area contributed by atoms with Crippen molar-refractivity contribution in [2.45, 2.75) is 63.5 Å².